The van der Waals surface area contributed by atoms with E-state index in [4.69, 9.17) is 4.74 Å². The highest BCUT2D eigenvalue weighted by atomic mass is 16.5. The van der Waals surface area contributed by atoms with E-state index in [-0.39, 0.29) is 23.9 Å². The third-order valence-corrected chi connectivity index (χ3v) is 7.94. The number of hydrogen-bond donors (Lipinski definition) is 3. The second-order valence-electron chi connectivity index (χ2n) is 11.0. The van der Waals surface area contributed by atoms with E-state index in [9.17, 15) is 19.5 Å². The number of ether oxygens (including phenoxy) is 1. The standard InChI is InChI=1S/C37H32N4O5/c42-34(39-31(26-13-6-2-7-14-26)27-15-8-3-9-16-27)30-22-38-33(41-36(30)46-23-24-11-4-1-5-12-24)35(43)40-32(37(44)45)29-20-19-25-17-10-18-28(25)21-29/h1-9,11-16,19-22,31-32H,10,17-18,23H2,(H,39,42)(H,40,43)(H,44,45). The van der Waals surface area contributed by atoms with Crippen LogP contribution in [0.4, 0.5) is 0 Å². The lowest BCUT2D eigenvalue weighted by atomic mass is 9.98. The maximum atomic E-state index is 13.8. The van der Waals surface area contributed by atoms with Gasteiger partial charge in [-0.2, -0.15) is 4.98 Å². The summed E-state index contributed by atoms with van der Waals surface area (Å²) in [6, 6.07) is 32.1. The lowest BCUT2D eigenvalue weighted by molar-refractivity contribution is -0.139. The van der Waals surface area contributed by atoms with E-state index in [1.807, 2.05) is 103 Å². The van der Waals surface area contributed by atoms with Gasteiger partial charge in [-0.1, -0.05) is 109 Å². The molecular formula is C37H32N4O5. The zero-order valence-corrected chi connectivity index (χ0v) is 24.9. The quantitative estimate of drug-likeness (QED) is 0.177. The van der Waals surface area contributed by atoms with Gasteiger partial charge in [-0.3, -0.25) is 9.59 Å². The van der Waals surface area contributed by atoms with Crippen molar-refractivity contribution in [2.24, 2.45) is 0 Å². The summed E-state index contributed by atoms with van der Waals surface area (Å²) in [4.78, 5) is 47.9. The Morgan fingerprint density at radius 2 is 1.37 bits per heavy atom. The number of carboxylic acids is 1. The highest BCUT2D eigenvalue weighted by molar-refractivity contribution is 5.98. The number of nitrogens with zero attached hydrogens (tertiary/aromatic N) is 2. The molecule has 0 radical (unpaired) electrons. The molecule has 46 heavy (non-hydrogen) atoms. The number of aromatic nitrogens is 2. The molecule has 0 saturated carbocycles. The molecule has 9 nitrogen and oxygen atoms in total. The molecule has 9 heteroatoms. The number of carboxylic acid groups (broad SMARTS) is 1. The van der Waals surface area contributed by atoms with Crippen LogP contribution in [-0.4, -0.2) is 32.9 Å². The molecule has 6 rings (SSSR count). The molecule has 3 N–H and O–H groups in total. The first-order chi connectivity index (χ1) is 22.5. The molecule has 2 amide bonds. The van der Waals surface area contributed by atoms with Gasteiger partial charge in [0.25, 0.3) is 11.8 Å². The Labute approximate surface area is 266 Å². The van der Waals surface area contributed by atoms with E-state index < -0.39 is 29.9 Å². The maximum absolute atomic E-state index is 13.8. The molecule has 0 fully saturated rings. The van der Waals surface area contributed by atoms with Crippen molar-refractivity contribution in [3.05, 3.63) is 160 Å². The van der Waals surface area contributed by atoms with E-state index >= 15 is 0 Å². The van der Waals surface area contributed by atoms with Gasteiger partial charge < -0.3 is 20.5 Å². The molecule has 0 spiro atoms. The number of aliphatic carboxylic acids is 1. The largest absolute Gasteiger partial charge is 0.479 e. The zero-order chi connectivity index (χ0) is 31.9. The molecule has 5 aromatic rings. The number of carbonyl (C=O) groups excluding carboxylic acids is 2. The van der Waals surface area contributed by atoms with E-state index in [2.05, 4.69) is 20.6 Å². The molecular weight excluding hydrogens is 580 g/mol. The molecule has 0 aliphatic heterocycles. The van der Waals surface area contributed by atoms with Crippen molar-refractivity contribution in [2.75, 3.05) is 0 Å². The fraction of sp³-hybridized carbons (Fsp3) is 0.162. The topological polar surface area (TPSA) is 131 Å². The highest BCUT2D eigenvalue weighted by Gasteiger charge is 2.28. The van der Waals surface area contributed by atoms with Crippen LogP contribution >= 0.6 is 0 Å². The molecule has 0 saturated heterocycles. The Morgan fingerprint density at radius 3 is 2.02 bits per heavy atom. The first-order valence-corrected chi connectivity index (χ1v) is 15.1. The predicted molar refractivity (Wildman–Crippen MR) is 171 cm³/mol. The third-order valence-electron chi connectivity index (χ3n) is 7.94. The SMILES string of the molecule is O=C(NC(C(=O)O)c1ccc2c(c1)CCC2)c1ncc(C(=O)NC(c2ccccc2)c2ccccc2)c(OCc2ccccc2)n1. The molecule has 1 aliphatic rings. The van der Waals surface area contributed by atoms with Crippen molar-refractivity contribution in [3.63, 3.8) is 0 Å². The van der Waals surface area contributed by atoms with Crippen LogP contribution in [0.1, 0.15) is 72.9 Å². The van der Waals surface area contributed by atoms with Crippen LogP contribution in [0.2, 0.25) is 0 Å². The van der Waals surface area contributed by atoms with E-state index in [1.54, 1.807) is 6.07 Å². The average Bonchev–Trinajstić information content (AvgIpc) is 3.57. The summed E-state index contributed by atoms with van der Waals surface area (Å²) in [5.74, 6) is -2.96. The Bertz CT molecular complexity index is 1810. The van der Waals surface area contributed by atoms with Crippen molar-refractivity contribution < 1.29 is 24.2 Å². The molecule has 1 atom stereocenters. The monoisotopic (exact) mass is 612 g/mol. The Kier molecular flexibility index (Phi) is 9.10. The third kappa shape index (κ3) is 6.94. The van der Waals surface area contributed by atoms with Crippen LogP contribution in [-0.2, 0) is 24.2 Å². The average molecular weight is 613 g/mol. The molecule has 1 unspecified atom stereocenters. The van der Waals surface area contributed by atoms with Gasteiger partial charge in [0.2, 0.25) is 11.7 Å². The number of hydrogen-bond acceptors (Lipinski definition) is 6. The van der Waals surface area contributed by atoms with Crippen molar-refractivity contribution in [2.45, 2.75) is 38.0 Å². The first kappa shape index (κ1) is 30.2. The van der Waals surface area contributed by atoms with Crippen molar-refractivity contribution >= 4 is 17.8 Å². The normalized spacial score (nSPS) is 12.6. The highest BCUT2D eigenvalue weighted by Crippen LogP contribution is 2.27. The number of aryl methyl sites for hydroxylation is 2. The van der Waals surface area contributed by atoms with Crippen LogP contribution in [0.3, 0.4) is 0 Å². The van der Waals surface area contributed by atoms with Gasteiger partial charge in [0, 0.05) is 6.20 Å². The maximum Gasteiger partial charge on any atom is 0.330 e. The fourth-order valence-electron chi connectivity index (χ4n) is 5.58. The molecule has 1 aromatic heterocycles. The number of amides is 2. The Hall–Kier alpha value is -5.83. The smallest absolute Gasteiger partial charge is 0.330 e. The summed E-state index contributed by atoms with van der Waals surface area (Å²) in [6.45, 7) is 0.0763. The molecule has 0 bridgehead atoms. The number of nitrogens with one attached hydrogen (secondary N) is 2. The Morgan fingerprint density at radius 1 is 0.739 bits per heavy atom. The van der Waals surface area contributed by atoms with Crippen molar-refractivity contribution in [1.29, 1.82) is 0 Å². The minimum atomic E-state index is -1.31. The van der Waals surface area contributed by atoms with Crippen LogP contribution in [0.5, 0.6) is 5.88 Å². The zero-order valence-electron chi connectivity index (χ0n) is 24.9. The number of rotatable bonds is 11. The summed E-state index contributed by atoms with van der Waals surface area (Å²) in [5, 5.41) is 15.6. The lowest BCUT2D eigenvalue weighted by Crippen LogP contribution is -2.35. The van der Waals surface area contributed by atoms with Gasteiger partial charge in [-0.25, -0.2) is 9.78 Å². The van der Waals surface area contributed by atoms with Crippen LogP contribution in [0.25, 0.3) is 0 Å². The van der Waals surface area contributed by atoms with Gasteiger partial charge in [-0.05, 0) is 52.6 Å². The van der Waals surface area contributed by atoms with E-state index in [0.717, 1.165) is 41.5 Å². The molecule has 230 valence electrons. The molecule has 4 aromatic carbocycles. The molecule has 1 heterocycles. The van der Waals surface area contributed by atoms with Crippen LogP contribution in [0, 0.1) is 0 Å². The minimum Gasteiger partial charge on any atom is -0.479 e. The van der Waals surface area contributed by atoms with Crippen molar-refractivity contribution in [3.8, 4) is 5.88 Å². The number of carbonyl (C=O) groups is 3. The lowest BCUT2D eigenvalue weighted by Gasteiger charge is -2.21. The summed E-state index contributed by atoms with van der Waals surface area (Å²) >= 11 is 0. The van der Waals surface area contributed by atoms with Crippen LogP contribution < -0.4 is 15.4 Å². The predicted octanol–water partition coefficient (Wildman–Crippen LogP) is 5.62. The van der Waals surface area contributed by atoms with E-state index in [0.29, 0.717) is 5.56 Å². The first-order valence-electron chi connectivity index (χ1n) is 15.1. The second-order valence-corrected chi connectivity index (χ2v) is 11.0. The second kappa shape index (κ2) is 13.9. The Balaban J connectivity index is 1.29. The van der Waals surface area contributed by atoms with Crippen LogP contribution in [0.15, 0.2) is 115 Å². The minimum absolute atomic E-state index is 0.0257. The van der Waals surface area contributed by atoms with Gasteiger partial charge >= 0.3 is 5.97 Å². The summed E-state index contributed by atoms with van der Waals surface area (Å²) in [6.07, 6.45) is 4.07. The number of benzene rings is 4. The number of fused-ring (bicyclic) bond motifs is 1. The van der Waals surface area contributed by atoms with Gasteiger partial charge in [-0.15, -0.1) is 0 Å². The summed E-state index contributed by atoms with van der Waals surface area (Å²) in [5.41, 5.74) is 5.34. The van der Waals surface area contributed by atoms with Gasteiger partial charge in [0.1, 0.15) is 12.2 Å². The van der Waals surface area contributed by atoms with E-state index in [1.165, 1.54) is 11.8 Å². The van der Waals surface area contributed by atoms with Crippen molar-refractivity contribution in [1.82, 2.24) is 20.6 Å². The summed E-state index contributed by atoms with van der Waals surface area (Å²) in [7, 11) is 0. The van der Waals surface area contributed by atoms with Gasteiger partial charge in [0.05, 0.1) is 6.04 Å². The molecule has 1 aliphatic carbocycles. The fourth-order valence-corrected chi connectivity index (χ4v) is 5.58. The van der Waals surface area contributed by atoms with Gasteiger partial charge in [0.15, 0.2) is 6.04 Å². The summed E-state index contributed by atoms with van der Waals surface area (Å²) < 4.78 is 6.01.